The Kier molecular flexibility index (Phi) is 7.79. The zero-order chi connectivity index (χ0) is 25.9. The Hall–Kier alpha value is -3.18. The van der Waals surface area contributed by atoms with Crippen molar-refractivity contribution in [2.24, 2.45) is 28.9 Å². The molecule has 36 heavy (non-hydrogen) atoms. The molecule has 2 aromatic carbocycles. The fourth-order valence-electron chi connectivity index (χ4n) is 5.77. The number of hydrogen-bond donors (Lipinski definition) is 5. The Morgan fingerprint density at radius 2 is 1.67 bits per heavy atom. The molecule has 2 amide bonds. The van der Waals surface area contributed by atoms with Crippen LogP contribution < -0.4 is 21.8 Å². The van der Waals surface area contributed by atoms with Gasteiger partial charge in [0.25, 0.3) is 11.8 Å². The molecular formula is C29H36N4O3. The molecule has 3 aliphatic carbocycles. The zero-order valence-electron chi connectivity index (χ0n) is 21.2. The first-order chi connectivity index (χ1) is 17.2. The van der Waals surface area contributed by atoms with Gasteiger partial charge in [0.15, 0.2) is 0 Å². The van der Waals surface area contributed by atoms with Crippen molar-refractivity contribution in [2.45, 2.75) is 52.2 Å². The van der Waals surface area contributed by atoms with Gasteiger partial charge >= 0.3 is 0 Å². The van der Waals surface area contributed by atoms with Crippen LogP contribution in [0.4, 0.5) is 0 Å². The molecule has 7 heteroatoms. The molecule has 0 aromatic heterocycles. The van der Waals surface area contributed by atoms with E-state index in [1.807, 2.05) is 12.1 Å². The summed E-state index contributed by atoms with van der Waals surface area (Å²) >= 11 is 0. The third kappa shape index (κ3) is 5.46. The second-order valence-electron chi connectivity index (χ2n) is 10.7. The molecule has 0 spiro atoms. The van der Waals surface area contributed by atoms with Gasteiger partial charge in [0.05, 0.1) is 0 Å². The Balaban J connectivity index is 1.29. The van der Waals surface area contributed by atoms with Gasteiger partial charge < -0.3 is 16.4 Å². The lowest BCUT2D eigenvalue weighted by molar-refractivity contribution is -0.130. The molecule has 0 aliphatic heterocycles. The van der Waals surface area contributed by atoms with Crippen LogP contribution in [0.15, 0.2) is 48.5 Å². The van der Waals surface area contributed by atoms with Crippen molar-refractivity contribution in [3.63, 3.8) is 0 Å². The number of benzene rings is 2. The van der Waals surface area contributed by atoms with E-state index < -0.39 is 17.9 Å². The summed E-state index contributed by atoms with van der Waals surface area (Å²) in [5, 5.41) is 15.0. The van der Waals surface area contributed by atoms with E-state index in [2.05, 4.69) is 55.4 Å². The van der Waals surface area contributed by atoms with Crippen molar-refractivity contribution in [3.8, 4) is 11.8 Å². The molecule has 3 saturated carbocycles. The predicted octanol–water partition coefficient (Wildman–Crippen LogP) is 2.81. The highest BCUT2D eigenvalue weighted by Gasteiger charge is 2.55. The molecule has 2 bridgehead atoms. The molecule has 5 rings (SSSR count). The number of fused-ring (bicyclic) bond motifs is 2. The van der Waals surface area contributed by atoms with Crippen molar-refractivity contribution >= 4 is 11.8 Å². The fraction of sp³-hybridized carbons (Fsp3) is 0.448. The Bertz CT molecular complexity index is 1150. The zero-order valence-corrected chi connectivity index (χ0v) is 21.2. The fourth-order valence-corrected chi connectivity index (χ4v) is 5.77. The summed E-state index contributed by atoms with van der Waals surface area (Å²) in [7, 11) is 0. The molecule has 3 aliphatic rings. The minimum atomic E-state index is -1.01. The van der Waals surface area contributed by atoms with Gasteiger partial charge in [0.2, 0.25) is 0 Å². The largest absolute Gasteiger partial charge is 0.339 e. The van der Waals surface area contributed by atoms with Gasteiger partial charge in [-0.05, 0) is 78.0 Å². The first-order valence-electron chi connectivity index (χ1n) is 12.6. The average molecular weight is 489 g/mol. The smallest absolute Gasteiger partial charge is 0.267 e. The van der Waals surface area contributed by atoms with Crippen LogP contribution in [0.3, 0.4) is 0 Å². The van der Waals surface area contributed by atoms with Gasteiger partial charge in [-0.3, -0.25) is 14.8 Å². The lowest BCUT2D eigenvalue weighted by Gasteiger charge is -2.62. The number of nitrogens with two attached hydrogens (primary N) is 1. The minimum Gasteiger partial charge on any atom is -0.339 e. The van der Waals surface area contributed by atoms with E-state index in [9.17, 15) is 9.59 Å². The van der Waals surface area contributed by atoms with Crippen LogP contribution in [0.25, 0.3) is 0 Å². The number of carbonyl (C=O) groups excluding carboxylic acids is 2. The van der Waals surface area contributed by atoms with Crippen molar-refractivity contribution in [1.29, 1.82) is 0 Å². The molecular weight excluding hydrogens is 452 g/mol. The Morgan fingerprint density at radius 3 is 2.19 bits per heavy atom. The number of amides is 2. The molecule has 2 aromatic rings. The summed E-state index contributed by atoms with van der Waals surface area (Å²) in [5.41, 5.74) is 10.8. The van der Waals surface area contributed by atoms with Crippen LogP contribution in [-0.2, 0) is 11.3 Å². The average Bonchev–Trinajstić information content (AvgIpc) is 2.89. The summed E-state index contributed by atoms with van der Waals surface area (Å²) in [5.74, 6) is 7.47. The number of hydroxylamine groups is 1. The molecule has 6 N–H and O–H groups in total. The quantitative estimate of drug-likeness (QED) is 0.233. The van der Waals surface area contributed by atoms with Crippen molar-refractivity contribution in [2.75, 3.05) is 6.54 Å². The standard InChI is InChI=1S/C29H36N4O3/c1-18-24-14-23(29(24,2)3)15-25(18)31-17-21-8-6-19(7-9-21)4-5-20-10-12-22(13-11-20)27(34)32-26(16-30)28(35)33-36/h6-13,18,23-26,31,36H,14-17,30H2,1-3H3,(H,32,34)(H,33,35)/t18-,23+,24+,25+,26+/m1/s1. The highest BCUT2D eigenvalue weighted by Crippen LogP contribution is 2.61. The monoisotopic (exact) mass is 488 g/mol. The predicted molar refractivity (Wildman–Crippen MR) is 139 cm³/mol. The van der Waals surface area contributed by atoms with Crippen LogP contribution >= 0.6 is 0 Å². The molecule has 3 fully saturated rings. The van der Waals surface area contributed by atoms with Crippen LogP contribution in [0.5, 0.6) is 0 Å². The topological polar surface area (TPSA) is 116 Å². The second kappa shape index (κ2) is 10.8. The molecule has 0 saturated heterocycles. The maximum atomic E-state index is 12.3. The number of rotatable bonds is 7. The third-order valence-electron chi connectivity index (χ3n) is 8.34. The number of carbonyl (C=O) groups is 2. The highest BCUT2D eigenvalue weighted by atomic mass is 16.5. The first-order valence-corrected chi connectivity index (χ1v) is 12.6. The van der Waals surface area contributed by atoms with Gasteiger partial charge in [-0.2, -0.15) is 0 Å². The Morgan fingerprint density at radius 1 is 1.06 bits per heavy atom. The van der Waals surface area contributed by atoms with Crippen molar-refractivity contribution < 1.29 is 14.8 Å². The molecule has 0 radical (unpaired) electrons. The van der Waals surface area contributed by atoms with Gasteiger partial charge in [0, 0.05) is 35.8 Å². The van der Waals surface area contributed by atoms with E-state index >= 15 is 0 Å². The van der Waals surface area contributed by atoms with Gasteiger partial charge in [-0.1, -0.05) is 44.7 Å². The summed E-state index contributed by atoms with van der Waals surface area (Å²) < 4.78 is 0. The SMILES string of the molecule is C[C@H]1[C@@H](NCc2ccc(C#Cc3ccc(C(=O)N[C@@H](CN)C(=O)NO)cc3)cc2)C[C@@H]2C[C@@H]1C2(C)C. The van der Waals surface area contributed by atoms with Crippen LogP contribution in [0, 0.1) is 35.0 Å². The van der Waals surface area contributed by atoms with E-state index in [1.165, 1.54) is 23.9 Å². The molecule has 0 unspecified atom stereocenters. The van der Waals surface area contributed by atoms with Crippen LogP contribution in [-0.4, -0.2) is 35.7 Å². The minimum absolute atomic E-state index is 0.129. The third-order valence-corrected chi connectivity index (χ3v) is 8.34. The van der Waals surface area contributed by atoms with Crippen molar-refractivity contribution in [3.05, 3.63) is 70.8 Å². The maximum Gasteiger partial charge on any atom is 0.267 e. The normalized spacial score (nSPS) is 24.5. The molecule has 5 atom stereocenters. The Labute approximate surface area is 213 Å². The lowest BCUT2D eigenvalue weighted by Crippen LogP contribution is -2.59. The molecule has 7 nitrogen and oxygen atoms in total. The summed E-state index contributed by atoms with van der Waals surface area (Å²) in [6, 6.07) is 14.7. The summed E-state index contributed by atoms with van der Waals surface area (Å²) in [6.45, 7) is 8.02. The lowest BCUT2D eigenvalue weighted by atomic mass is 9.45. The highest BCUT2D eigenvalue weighted by molar-refractivity contribution is 5.97. The van der Waals surface area contributed by atoms with E-state index in [0.717, 1.165) is 35.4 Å². The van der Waals surface area contributed by atoms with E-state index in [0.29, 0.717) is 17.0 Å². The first kappa shape index (κ1) is 25.9. The summed E-state index contributed by atoms with van der Waals surface area (Å²) in [6.07, 6.45) is 2.67. The van der Waals surface area contributed by atoms with Crippen LogP contribution in [0.1, 0.15) is 60.7 Å². The molecule has 190 valence electrons. The number of nitrogens with one attached hydrogen (secondary N) is 3. The van der Waals surface area contributed by atoms with Gasteiger partial charge in [0.1, 0.15) is 6.04 Å². The van der Waals surface area contributed by atoms with Crippen molar-refractivity contribution in [1.82, 2.24) is 16.1 Å². The molecule has 0 heterocycles. The maximum absolute atomic E-state index is 12.3. The second-order valence-corrected chi connectivity index (χ2v) is 10.7. The van der Waals surface area contributed by atoms with Crippen LogP contribution in [0.2, 0.25) is 0 Å². The van der Waals surface area contributed by atoms with E-state index in [1.54, 1.807) is 24.3 Å². The van der Waals surface area contributed by atoms with Gasteiger partial charge in [-0.25, -0.2) is 5.48 Å². The number of hydrogen-bond acceptors (Lipinski definition) is 5. The summed E-state index contributed by atoms with van der Waals surface area (Å²) in [4.78, 5) is 23.8. The van der Waals surface area contributed by atoms with E-state index in [4.69, 9.17) is 10.9 Å². The van der Waals surface area contributed by atoms with E-state index in [-0.39, 0.29) is 6.54 Å². The van der Waals surface area contributed by atoms with Gasteiger partial charge in [-0.15, -0.1) is 0 Å².